The first-order valence-electron chi connectivity index (χ1n) is 6.98. The molecule has 1 heterocycles. The molecule has 0 saturated heterocycles. The van der Waals surface area contributed by atoms with E-state index in [1.165, 1.54) is 18.9 Å². The first kappa shape index (κ1) is 17.0. The molecule has 0 fully saturated rings. The van der Waals surface area contributed by atoms with Crippen LogP contribution in [0.2, 0.25) is 0 Å². The molecule has 2 rings (SSSR count). The molecular formula is C15H18N4O3S. The number of hydrogen-bond donors (Lipinski definition) is 1. The molecule has 0 spiro atoms. The SMILES string of the molecule is COC(=O)C(Cc1ccccc1)NC(=O)CSc1nncn1C. The lowest BCUT2D eigenvalue weighted by molar-refractivity contribution is -0.144. The molecule has 2 aromatic rings. The molecule has 1 aromatic heterocycles. The summed E-state index contributed by atoms with van der Waals surface area (Å²) < 4.78 is 6.49. The van der Waals surface area contributed by atoms with E-state index in [9.17, 15) is 9.59 Å². The Morgan fingerprint density at radius 1 is 1.35 bits per heavy atom. The zero-order valence-corrected chi connectivity index (χ0v) is 13.7. The third-order valence-corrected chi connectivity index (χ3v) is 4.14. The molecule has 0 saturated carbocycles. The van der Waals surface area contributed by atoms with E-state index in [-0.39, 0.29) is 11.7 Å². The van der Waals surface area contributed by atoms with Crippen LogP contribution in [0.5, 0.6) is 0 Å². The Labute approximate surface area is 138 Å². The lowest BCUT2D eigenvalue weighted by atomic mass is 10.1. The second-order valence-corrected chi connectivity index (χ2v) is 5.79. The molecule has 1 N–H and O–H groups in total. The minimum Gasteiger partial charge on any atom is -0.467 e. The normalized spacial score (nSPS) is 11.7. The van der Waals surface area contributed by atoms with Crippen molar-refractivity contribution in [2.45, 2.75) is 17.6 Å². The zero-order valence-electron chi connectivity index (χ0n) is 12.9. The highest BCUT2D eigenvalue weighted by atomic mass is 32.2. The number of thioether (sulfide) groups is 1. The molecule has 8 heteroatoms. The predicted octanol–water partition coefficient (Wildman–Crippen LogP) is 0.808. The number of methoxy groups -OCH3 is 1. The van der Waals surface area contributed by atoms with Crippen molar-refractivity contribution < 1.29 is 14.3 Å². The van der Waals surface area contributed by atoms with Crippen molar-refractivity contribution in [3.8, 4) is 0 Å². The number of hydrogen-bond acceptors (Lipinski definition) is 6. The highest BCUT2D eigenvalue weighted by Crippen LogP contribution is 2.13. The summed E-state index contributed by atoms with van der Waals surface area (Å²) in [6.45, 7) is 0. The van der Waals surface area contributed by atoms with Gasteiger partial charge in [-0.2, -0.15) is 0 Å². The van der Waals surface area contributed by atoms with Crippen LogP contribution in [-0.4, -0.2) is 45.5 Å². The fourth-order valence-electron chi connectivity index (χ4n) is 1.95. The lowest BCUT2D eigenvalue weighted by Crippen LogP contribution is -2.43. The second-order valence-electron chi connectivity index (χ2n) is 4.85. The van der Waals surface area contributed by atoms with Crippen LogP contribution in [0.25, 0.3) is 0 Å². The van der Waals surface area contributed by atoms with Gasteiger partial charge in [-0.05, 0) is 5.56 Å². The summed E-state index contributed by atoms with van der Waals surface area (Å²) in [7, 11) is 3.10. The Balaban J connectivity index is 1.93. The standard InChI is InChI=1S/C15H18N4O3S/c1-19-10-16-18-15(19)23-9-13(20)17-12(14(21)22-2)8-11-6-4-3-5-7-11/h3-7,10,12H,8-9H2,1-2H3,(H,17,20). The van der Waals surface area contributed by atoms with Gasteiger partial charge in [-0.3, -0.25) is 4.79 Å². The summed E-state index contributed by atoms with van der Waals surface area (Å²) >= 11 is 1.25. The van der Waals surface area contributed by atoms with Crippen LogP contribution in [0.4, 0.5) is 0 Å². The van der Waals surface area contributed by atoms with Gasteiger partial charge in [0.1, 0.15) is 12.4 Å². The van der Waals surface area contributed by atoms with Gasteiger partial charge in [0.05, 0.1) is 12.9 Å². The summed E-state index contributed by atoms with van der Waals surface area (Å²) in [6, 6.07) is 8.75. The topological polar surface area (TPSA) is 86.1 Å². The highest BCUT2D eigenvalue weighted by molar-refractivity contribution is 7.99. The Bertz CT molecular complexity index is 660. The van der Waals surface area contributed by atoms with Crippen LogP contribution in [-0.2, 0) is 27.8 Å². The van der Waals surface area contributed by atoms with Gasteiger partial charge in [-0.1, -0.05) is 42.1 Å². The van der Waals surface area contributed by atoms with Gasteiger partial charge in [0.15, 0.2) is 5.16 Å². The van der Waals surface area contributed by atoms with Gasteiger partial charge in [-0.25, -0.2) is 4.79 Å². The third kappa shape index (κ3) is 5.10. The summed E-state index contributed by atoms with van der Waals surface area (Å²) in [5.41, 5.74) is 0.948. The number of nitrogens with zero attached hydrogens (tertiary/aromatic N) is 3. The minimum absolute atomic E-state index is 0.148. The molecule has 7 nitrogen and oxygen atoms in total. The Morgan fingerprint density at radius 2 is 2.09 bits per heavy atom. The van der Waals surface area contributed by atoms with E-state index in [2.05, 4.69) is 15.5 Å². The van der Waals surface area contributed by atoms with Gasteiger partial charge >= 0.3 is 5.97 Å². The van der Waals surface area contributed by atoms with Crippen molar-refractivity contribution in [3.05, 3.63) is 42.2 Å². The second kappa shape index (κ2) is 8.33. The fourth-order valence-corrected chi connectivity index (χ4v) is 2.65. The van der Waals surface area contributed by atoms with Crippen molar-refractivity contribution in [1.29, 1.82) is 0 Å². The smallest absolute Gasteiger partial charge is 0.328 e. The first-order chi connectivity index (χ1) is 11.1. The van der Waals surface area contributed by atoms with Crippen LogP contribution in [0.15, 0.2) is 41.8 Å². The molecular weight excluding hydrogens is 316 g/mol. The lowest BCUT2D eigenvalue weighted by Gasteiger charge is -2.16. The maximum Gasteiger partial charge on any atom is 0.328 e. The highest BCUT2D eigenvalue weighted by Gasteiger charge is 2.22. The summed E-state index contributed by atoms with van der Waals surface area (Å²) in [6.07, 6.45) is 1.95. The van der Waals surface area contributed by atoms with E-state index in [1.807, 2.05) is 30.3 Å². The number of esters is 1. The number of aromatic nitrogens is 3. The average molecular weight is 334 g/mol. The van der Waals surface area contributed by atoms with Gasteiger partial charge < -0.3 is 14.6 Å². The van der Waals surface area contributed by atoms with Crippen molar-refractivity contribution >= 4 is 23.6 Å². The molecule has 1 atom stereocenters. The monoisotopic (exact) mass is 334 g/mol. The minimum atomic E-state index is -0.713. The summed E-state index contributed by atoms with van der Waals surface area (Å²) in [4.78, 5) is 23.9. The molecule has 0 bridgehead atoms. The number of amides is 1. The average Bonchev–Trinajstić information content (AvgIpc) is 2.97. The number of carbonyl (C=O) groups excluding carboxylic acids is 2. The summed E-state index contributed by atoms with van der Waals surface area (Å²) in [5, 5.41) is 11.0. The molecule has 1 unspecified atom stereocenters. The van der Waals surface area contributed by atoms with Gasteiger partial charge in [-0.15, -0.1) is 10.2 Å². The number of benzene rings is 1. The van der Waals surface area contributed by atoms with Crippen LogP contribution >= 0.6 is 11.8 Å². The van der Waals surface area contributed by atoms with E-state index in [1.54, 1.807) is 17.9 Å². The van der Waals surface area contributed by atoms with Crippen LogP contribution in [0.1, 0.15) is 5.56 Å². The molecule has 0 aliphatic carbocycles. The van der Waals surface area contributed by atoms with E-state index in [4.69, 9.17) is 4.74 Å². The van der Waals surface area contributed by atoms with E-state index in [0.717, 1.165) is 5.56 Å². The van der Waals surface area contributed by atoms with Crippen LogP contribution < -0.4 is 5.32 Å². The first-order valence-corrected chi connectivity index (χ1v) is 7.96. The Hall–Kier alpha value is -2.35. The zero-order chi connectivity index (χ0) is 16.7. The number of rotatable bonds is 7. The Morgan fingerprint density at radius 3 is 2.70 bits per heavy atom. The largest absolute Gasteiger partial charge is 0.467 e. The maximum atomic E-state index is 12.1. The van der Waals surface area contributed by atoms with E-state index in [0.29, 0.717) is 11.6 Å². The number of ether oxygens (including phenoxy) is 1. The summed E-state index contributed by atoms with van der Waals surface area (Å²) in [5.74, 6) is -0.579. The van der Waals surface area contributed by atoms with Crippen molar-refractivity contribution in [3.63, 3.8) is 0 Å². The van der Waals surface area contributed by atoms with E-state index >= 15 is 0 Å². The van der Waals surface area contributed by atoms with Crippen molar-refractivity contribution in [2.75, 3.05) is 12.9 Å². The third-order valence-electron chi connectivity index (χ3n) is 3.11. The fraction of sp³-hybridized carbons (Fsp3) is 0.333. The molecule has 0 radical (unpaired) electrons. The van der Waals surface area contributed by atoms with Gasteiger partial charge in [0.25, 0.3) is 0 Å². The molecule has 1 aromatic carbocycles. The number of nitrogens with one attached hydrogen (secondary N) is 1. The molecule has 23 heavy (non-hydrogen) atoms. The molecule has 1 amide bonds. The quantitative estimate of drug-likeness (QED) is 0.596. The molecule has 0 aliphatic rings. The predicted molar refractivity (Wildman–Crippen MR) is 85.8 cm³/mol. The Kier molecular flexibility index (Phi) is 6.16. The van der Waals surface area contributed by atoms with Crippen molar-refractivity contribution in [1.82, 2.24) is 20.1 Å². The van der Waals surface area contributed by atoms with Crippen LogP contribution in [0.3, 0.4) is 0 Å². The number of aryl methyl sites for hydroxylation is 1. The van der Waals surface area contributed by atoms with Crippen molar-refractivity contribution in [2.24, 2.45) is 7.05 Å². The van der Waals surface area contributed by atoms with E-state index < -0.39 is 12.0 Å². The van der Waals surface area contributed by atoms with Gasteiger partial charge in [0, 0.05) is 13.5 Å². The molecule has 0 aliphatic heterocycles. The van der Waals surface area contributed by atoms with Gasteiger partial charge in [0.2, 0.25) is 5.91 Å². The van der Waals surface area contributed by atoms with Crippen LogP contribution in [0, 0.1) is 0 Å². The maximum absolute atomic E-state index is 12.1. The number of carbonyl (C=O) groups is 2. The molecule has 122 valence electrons.